The predicted octanol–water partition coefficient (Wildman–Crippen LogP) is 5.08. The zero-order valence-corrected chi connectivity index (χ0v) is 20.8. The van der Waals surface area contributed by atoms with Crippen LogP contribution in [0, 0.1) is 0 Å². The second kappa shape index (κ2) is 13.3. The Morgan fingerprint density at radius 2 is 1.22 bits per heavy atom. The molecule has 0 aromatic rings. The number of rotatable bonds is 2. The molecule has 0 atom stereocenters. The third-order valence-corrected chi connectivity index (χ3v) is 4.42. The summed E-state index contributed by atoms with van der Waals surface area (Å²) in [4.78, 5) is 48.3. The number of hydrogen-bond acceptors (Lipinski definition) is 9. The molecule has 3 rings (SSSR count). The number of alkyl halides is 6. The molecule has 3 fully saturated rings. The molecule has 184 valence electrons. The Bertz CT molecular complexity index is 640. The molecule has 0 aromatic carbocycles. The molecular formula is C16H19Cl6NO9. The van der Waals surface area contributed by atoms with E-state index in [0.717, 1.165) is 32.1 Å². The van der Waals surface area contributed by atoms with Crippen molar-refractivity contribution in [2.24, 2.45) is 0 Å². The molecule has 0 spiro atoms. The summed E-state index contributed by atoms with van der Waals surface area (Å²) >= 11 is 30.2. The smallest absolute Gasteiger partial charge is 0.429 e. The summed E-state index contributed by atoms with van der Waals surface area (Å²) in [6.07, 6.45) is 3.73. The highest BCUT2D eigenvalue weighted by atomic mass is 35.6. The highest BCUT2D eigenvalue weighted by molar-refractivity contribution is 6.67. The second-order valence-corrected chi connectivity index (χ2v) is 10.9. The van der Waals surface area contributed by atoms with Gasteiger partial charge in [-0.1, -0.05) is 5.06 Å². The van der Waals surface area contributed by atoms with Gasteiger partial charge < -0.3 is 19.3 Å². The number of nitrogens with zero attached hydrogens (tertiary/aromatic N) is 1. The number of halogens is 6. The molecule has 1 aliphatic heterocycles. The van der Waals surface area contributed by atoms with Gasteiger partial charge in [0.25, 0.3) is 11.8 Å². The molecule has 10 nitrogen and oxygen atoms in total. The van der Waals surface area contributed by atoms with Gasteiger partial charge in [0, 0.05) is 12.8 Å². The third-order valence-electron chi connectivity index (χ3n) is 3.96. The standard InChI is InChI=1S/C9H11NO5.C4H8O.C3Cl6O3/c11-7-4-5-8(12)10(7)15-9(13)14-6-2-1-3-6;5-4-2-1-3-4;4-2(5,6)11-1(10)12-3(7,8)9/h6H,1-5H2;4-5H,1-3H2;. The van der Waals surface area contributed by atoms with Crippen molar-refractivity contribution in [3.05, 3.63) is 0 Å². The van der Waals surface area contributed by atoms with Crippen LogP contribution in [-0.2, 0) is 28.6 Å². The van der Waals surface area contributed by atoms with Crippen molar-refractivity contribution in [1.82, 2.24) is 5.06 Å². The zero-order chi connectivity index (χ0) is 24.5. The molecular weight excluding hydrogens is 563 g/mol. The summed E-state index contributed by atoms with van der Waals surface area (Å²) in [5.74, 6) is -0.990. The topological polar surface area (TPSA) is 129 Å². The normalized spacial score (nSPS) is 18.8. The van der Waals surface area contributed by atoms with Crippen LogP contribution in [0.1, 0.15) is 51.4 Å². The van der Waals surface area contributed by atoms with E-state index in [-0.39, 0.29) is 25.0 Å². The zero-order valence-electron chi connectivity index (χ0n) is 16.2. The molecule has 1 saturated heterocycles. The fourth-order valence-corrected chi connectivity index (χ4v) is 2.35. The lowest BCUT2D eigenvalue weighted by molar-refractivity contribution is -0.179. The first-order valence-electron chi connectivity index (χ1n) is 9.14. The Kier molecular flexibility index (Phi) is 12.2. The van der Waals surface area contributed by atoms with Crippen molar-refractivity contribution >= 4 is 93.7 Å². The van der Waals surface area contributed by atoms with Gasteiger partial charge in [0.15, 0.2) is 0 Å². The van der Waals surface area contributed by atoms with E-state index in [9.17, 15) is 19.2 Å². The Balaban J connectivity index is 0.000000268. The lowest BCUT2D eigenvalue weighted by Crippen LogP contribution is -2.35. The number of ether oxygens (including phenoxy) is 3. The monoisotopic (exact) mass is 579 g/mol. The van der Waals surface area contributed by atoms with E-state index >= 15 is 0 Å². The number of hydrogen-bond donors (Lipinski definition) is 1. The summed E-state index contributed by atoms with van der Waals surface area (Å²) < 4.78 is 8.34. The van der Waals surface area contributed by atoms with Gasteiger partial charge in [-0.05, 0) is 108 Å². The minimum absolute atomic E-state index is 0.0648. The van der Waals surface area contributed by atoms with Gasteiger partial charge in [0.1, 0.15) is 6.10 Å². The van der Waals surface area contributed by atoms with E-state index in [2.05, 4.69) is 14.3 Å². The van der Waals surface area contributed by atoms with Gasteiger partial charge in [0.05, 0.1) is 6.10 Å². The van der Waals surface area contributed by atoms with E-state index in [4.69, 9.17) is 79.4 Å². The number of aliphatic hydroxyl groups is 1. The van der Waals surface area contributed by atoms with Crippen LogP contribution in [-0.4, -0.2) is 54.5 Å². The van der Waals surface area contributed by atoms with E-state index in [1.54, 1.807) is 0 Å². The van der Waals surface area contributed by atoms with Gasteiger partial charge in [-0.2, -0.15) is 0 Å². The second-order valence-electron chi connectivity index (χ2n) is 6.52. The maximum atomic E-state index is 11.1. The fourth-order valence-electron chi connectivity index (χ4n) is 1.98. The SMILES string of the molecule is O=C(OC(Cl)(Cl)Cl)OC(Cl)(Cl)Cl.O=C(OC1CCC1)ON1C(=O)CCC1=O.OC1CCC1. The van der Waals surface area contributed by atoms with Crippen molar-refractivity contribution in [1.29, 1.82) is 0 Å². The summed E-state index contributed by atoms with van der Waals surface area (Å²) in [6, 6.07) is 0. The summed E-state index contributed by atoms with van der Waals surface area (Å²) in [5.41, 5.74) is 0. The molecule has 2 amide bonds. The highest BCUT2D eigenvalue weighted by Gasteiger charge is 2.35. The largest absolute Gasteiger partial charge is 0.534 e. The minimum atomic E-state index is -2.24. The van der Waals surface area contributed by atoms with Crippen LogP contribution >= 0.6 is 69.6 Å². The van der Waals surface area contributed by atoms with Gasteiger partial charge in [-0.15, -0.1) is 0 Å². The number of carbonyl (C=O) groups is 4. The fraction of sp³-hybridized carbons (Fsp3) is 0.750. The Hall–Kier alpha value is -0.620. The van der Waals surface area contributed by atoms with Crippen molar-refractivity contribution in [2.45, 2.75) is 71.5 Å². The molecule has 2 saturated carbocycles. The molecule has 0 aromatic heterocycles. The first-order chi connectivity index (χ1) is 14.7. The van der Waals surface area contributed by atoms with E-state index < -0.39 is 32.1 Å². The number of hydroxylamine groups is 2. The van der Waals surface area contributed by atoms with Crippen LogP contribution in [0.15, 0.2) is 0 Å². The van der Waals surface area contributed by atoms with Gasteiger partial charge in [-0.25, -0.2) is 9.59 Å². The minimum Gasteiger partial charge on any atom is -0.429 e. The Morgan fingerprint density at radius 3 is 1.50 bits per heavy atom. The number of imide groups is 1. The van der Waals surface area contributed by atoms with E-state index in [1.807, 2.05) is 0 Å². The molecule has 16 heteroatoms. The van der Waals surface area contributed by atoms with Crippen LogP contribution in [0.25, 0.3) is 0 Å². The first kappa shape index (κ1) is 29.4. The summed E-state index contributed by atoms with van der Waals surface area (Å²) in [5, 5.41) is 8.94. The summed E-state index contributed by atoms with van der Waals surface area (Å²) in [7, 11) is 0. The van der Waals surface area contributed by atoms with E-state index in [1.165, 1.54) is 6.42 Å². The lowest BCUT2D eigenvalue weighted by atomic mass is 9.96. The number of aliphatic hydroxyl groups excluding tert-OH is 1. The average molecular weight is 582 g/mol. The molecule has 2 aliphatic carbocycles. The van der Waals surface area contributed by atoms with Crippen LogP contribution in [0.4, 0.5) is 9.59 Å². The average Bonchev–Trinajstić information content (AvgIpc) is 2.86. The molecule has 1 N–H and O–H groups in total. The van der Waals surface area contributed by atoms with Crippen molar-refractivity contribution < 1.29 is 43.3 Å². The molecule has 0 unspecified atom stereocenters. The first-order valence-corrected chi connectivity index (χ1v) is 11.4. The van der Waals surface area contributed by atoms with Crippen molar-refractivity contribution in [3.8, 4) is 0 Å². The molecule has 0 bridgehead atoms. The van der Waals surface area contributed by atoms with Crippen LogP contribution < -0.4 is 0 Å². The van der Waals surface area contributed by atoms with Crippen molar-refractivity contribution in [3.63, 3.8) is 0 Å². The Labute approximate surface area is 213 Å². The van der Waals surface area contributed by atoms with Crippen LogP contribution in [0.2, 0.25) is 0 Å². The number of amides is 2. The maximum Gasteiger partial charge on any atom is 0.534 e. The van der Waals surface area contributed by atoms with Crippen molar-refractivity contribution in [2.75, 3.05) is 0 Å². The predicted molar refractivity (Wildman–Crippen MR) is 114 cm³/mol. The molecule has 3 aliphatic rings. The number of carbonyl (C=O) groups excluding carboxylic acids is 4. The van der Waals surface area contributed by atoms with Gasteiger partial charge >= 0.3 is 20.3 Å². The third kappa shape index (κ3) is 13.2. The summed E-state index contributed by atoms with van der Waals surface area (Å²) in [6.45, 7) is 0. The van der Waals surface area contributed by atoms with E-state index in [0.29, 0.717) is 5.06 Å². The maximum absolute atomic E-state index is 11.1. The molecule has 1 heterocycles. The lowest BCUT2D eigenvalue weighted by Gasteiger charge is -2.25. The van der Waals surface area contributed by atoms with Gasteiger partial charge in [-0.3, -0.25) is 14.4 Å². The molecule has 32 heavy (non-hydrogen) atoms. The van der Waals surface area contributed by atoms with Crippen LogP contribution in [0.5, 0.6) is 0 Å². The van der Waals surface area contributed by atoms with Gasteiger partial charge in [0.2, 0.25) is 0 Å². The van der Waals surface area contributed by atoms with Crippen LogP contribution in [0.3, 0.4) is 0 Å². The quantitative estimate of drug-likeness (QED) is 0.269. The molecule has 0 radical (unpaired) electrons. The Morgan fingerprint density at radius 1 is 0.812 bits per heavy atom. The highest BCUT2D eigenvalue weighted by Crippen LogP contribution is 2.32.